The summed E-state index contributed by atoms with van der Waals surface area (Å²) in [5.74, 6) is 0.909. The molecule has 0 radical (unpaired) electrons. The van der Waals surface area contributed by atoms with Crippen molar-refractivity contribution in [2.45, 2.75) is 58.2 Å². The summed E-state index contributed by atoms with van der Waals surface area (Å²) in [6, 6.07) is 17.5. The van der Waals surface area contributed by atoms with E-state index in [1.165, 1.54) is 6.42 Å². The average Bonchev–Trinajstić information content (AvgIpc) is 3.18. The fraction of sp³-hybridized carbons (Fsp3) is 0.423. The normalized spacial score (nSPS) is 15.4. The molecule has 2 amide bonds. The quantitative estimate of drug-likeness (QED) is 0.600. The highest BCUT2D eigenvalue weighted by Gasteiger charge is 2.25. The maximum atomic E-state index is 13.1. The van der Waals surface area contributed by atoms with Crippen molar-refractivity contribution >= 4 is 22.8 Å². The van der Waals surface area contributed by atoms with Crippen LogP contribution in [0.1, 0.15) is 56.5 Å². The molecule has 1 atom stereocenters. The van der Waals surface area contributed by atoms with Crippen LogP contribution in [-0.2, 0) is 22.7 Å². The molecule has 1 aliphatic rings. The molecule has 1 heterocycles. The van der Waals surface area contributed by atoms with Gasteiger partial charge in [0.15, 0.2) is 0 Å². The largest absolute Gasteiger partial charge is 0.346 e. The number of nitrogens with zero attached hydrogens (tertiary/aromatic N) is 3. The van der Waals surface area contributed by atoms with Crippen molar-refractivity contribution in [2.24, 2.45) is 5.92 Å². The van der Waals surface area contributed by atoms with Crippen LogP contribution in [0.15, 0.2) is 54.6 Å². The van der Waals surface area contributed by atoms with E-state index in [-0.39, 0.29) is 30.3 Å². The van der Waals surface area contributed by atoms with Gasteiger partial charge in [-0.3, -0.25) is 9.59 Å². The van der Waals surface area contributed by atoms with Crippen LogP contribution in [0.3, 0.4) is 0 Å². The summed E-state index contributed by atoms with van der Waals surface area (Å²) >= 11 is 0. The molecule has 1 aromatic heterocycles. The fourth-order valence-corrected chi connectivity index (χ4v) is 4.55. The van der Waals surface area contributed by atoms with E-state index in [0.29, 0.717) is 6.54 Å². The lowest BCUT2D eigenvalue weighted by molar-refractivity contribution is -0.131. The summed E-state index contributed by atoms with van der Waals surface area (Å²) < 4.78 is 1.95. The Morgan fingerprint density at radius 3 is 2.50 bits per heavy atom. The minimum Gasteiger partial charge on any atom is -0.346 e. The predicted octanol–water partition coefficient (Wildman–Crippen LogP) is 4.45. The first-order valence-corrected chi connectivity index (χ1v) is 11.6. The SMILES string of the molecule is CC(NC(=O)C1CCCCC1)c1nc2ccccc2n1CC(=O)N(C)Cc1ccccc1. The second-order valence-corrected chi connectivity index (χ2v) is 8.85. The second-order valence-electron chi connectivity index (χ2n) is 8.85. The maximum absolute atomic E-state index is 13.1. The smallest absolute Gasteiger partial charge is 0.242 e. The molecule has 1 saturated carbocycles. The van der Waals surface area contributed by atoms with Gasteiger partial charge in [-0.15, -0.1) is 0 Å². The Labute approximate surface area is 189 Å². The number of benzene rings is 2. The highest BCUT2D eigenvalue weighted by Crippen LogP contribution is 2.26. The van der Waals surface area contributed by atoms with Crippen molar-refractivity contribution in [1.82, 2.24) is 19.8 Å². The summed E-state index contributed by atoms with van der Waals surface area (Å²) in [7, 11) is 1.82. The standard InChI is InChI=1S/C26H32N4O2/c1-19(27-26(32)21-13-7-4-8-14-21)25-28-22-15-9-10-16-23(22)30(25)18-24(31)29(2)17-20-11-5-3-6-12-20/h3,5-6,9-12,15-16,19,21H,4,7-8,13-14,17-18H2,1-2H3,(H,27,32). The highest BCUT2D eigenvalue weighted by molar-refractivity contribution is 5.82. The van der Waals surface area contributed by atoms with Gasteiger partial charge in [-0.1, -0.05) is 61.7 Å². The molecule has 3 aromatic rings. The zero-order valence-corrected chi connectivity index (χ0v) is 19.0. The summed E-state index contributed by atoms with van der Waals surface area (Å²) in [5, 5.41) is 3.16. The summed E-state index contributed by atoms with van der Waals surface area (Å²) in [6.07, 6.45) is 5.36. The van der Waals surface area contributed by atoms with Gasteiger partial charge in [0.05, 0.1) is 17.1 Å². The van der Waals surface area contributed by atoms with E-state index >= 15 is 0 Å². The number of carbonyl (C=O) groups is 2. The molecule has 1 aliphatic carbocycles. The van der Waals surface area contributed by atoms with Gasteiger partial charge in [0, 0.05) is 19.5 Å². The van der Waals surface area contributed by atoms with Crippen molar-refractivity contribution in [3.05, 3.63) is 66.0 Å². The Kier molecular flexibility index (Phi) is 6.88. The number of hydrogen-bond acceptors (Lipinski definition) is 3. The average molecular weight is 433 g/mol. The zero-order chi connectivity index (χ0) is 22.5. The Bertz CT molecular complexity index is 1070. The van der Waals surface area contributed by atoms with E-state index in [2.05, 4.69) is 5.32 Å². The molecule has 1 N–H and O–H groups in total. The number of aromatic nitrogens is 2. The first kappa shape index (κ1) is 22.1. The minimum absolute atomic E-state index is 0.00376. The van der Waals surface area contributed by atoms with Gasteiger partial charge < -0.3 is 14.8 Å². The number of hydrogen-bond donors (Lipinski definition) is 1. The predicted molar refractivity (Wildman–Crippen MR) is 126 cm³/mol. The number of nitrogens with one attached hydrogen (secondary N) is 1. The van der Waals surface area contributed by atoms with E-state index in [4.69, 9.17) is 4.98 Å². The number of likely N-dealkylation sites (N-methyl/N-ethyl adjacent to an activating group) is 1. The molecule has 4 rings (SSSR count). The molecule has 0 saturated heterocycles. The van der Waals surface area contributed by atoms with Gasteiger partial charge in [0.1, 0.15) is 12.4 Å². The highest BCUT2D eigenvalue weighted by atomic mass is 16.2. The van der Waals surface area contributed by atoms with Gasteiger partial charge in [-0.25, -0.2) is 4.98 Å². The molecule has 1 unspecified atom stereocenters. The number of amides is 2. The van der Waals surface area contributed by atoms with Crippen LogP contribution in [0, 0.1) is 5.92 Å². The van der Waals surface area contributed by atoms with Crippen molar-refractivity contribution in [3.8, 4) is 0 Å². The number of rotatable bonds is 7. The second kappa shape index (κ2) is 9.98. The summed E-state index contributed by atoms with van der Waals surface area (Å²) in [6.45, 7) is 2.69. The first-order valence-electron chi connectivity index (χ1n) is 11.6. The van der Waals surface area contributed by atoms with Gasteiger partial charge in [-0.05, 0) is 37.5 Å². The van der Waals surface area contributed by atoms with E-state index in [1.807, 2.05) is 73.1 Å². The Morgan fingerprint density at radius 1 is 1.06 bits per heavy atom. The molecule has 0 aliphatic heterocycles. The molecule has 0 spiro atoms. The monoisotopic (exact) mass is 432 g/mol. The van der Waals surface area contributed by atoms with Crippen LogP contribution < -0.4 is 5.32 Å². The summed E-state index contributed by atoms with van der Waals surface area (Å²) in [4.78, 5) is 32.4. The van der Waals surface area contributed by atoms with Gasteiger partial charge in [0.2, 0.25) is 11.8 Å². The van der Waals surface area contributed by atoms with Crippen molar-refractivity contribution in [2.75, 3.05) is 7.05 Å². The first-order chi connectivity index (χ1) is 15.5. The van der Waals surface area contributed by atoms with Crippen molar-refractivity contribution in [1.29, 1.82) is 0 Å². The minimum atomic E-state index is -0.274. The fourth-order valence-electron chi connectivity index (χ4n) is 4.55. The Morgan fingerprint density at radius 2 is 1.75 bits per heavy atom. The van der Waals surface area contributed by atoms with Crippen molar-refractivity contribution < 1.29 is 9.59 Å². The molecule has 6 heteroatoms. The molecule has 32 heavy (non-hydrogen) atoms. The lowest BCUT2D eigenvalue weighted by Gasteiger charge is -2.24. The van der Waals surface area contributed by atoms with E-state index in [1.54, 1.807) is 4.90 Å². The van der Waals surface area contributed by atoms with Crippen LogP contribution in [0.4, 0.5) is 0 Å². The van der Waals surface area contributed by atoms with E-state index < -0.39 is 0 Å². The molecule has 0 bridgehead atoms. The van der Waals surface area contributed by atoms with Crippen LogP contribution >= 0.6 is 0 Å². The lowest BCUT2D eigenvalue weighted by Crippen LogP contribution is -2.36. The molecular formula is C26H32N4O2. The Balaban J connectivity index is 1.53. The third-order valence-corrected chi connectivity index (χ3v) is 6.39. The topological polar surface area (TPSA) is 67.2 Å². The third kappa shape index (κ3) is 5.01. The number of para-hydroxylation sites is 2. The molecule has 1 fully saturated rings. The van der Waals surface area contributed by atoms with Gasteiger partial charge in [-0.2, -0.15) is 0 Å². The van der Waals surface area contributed by atoms with Crippen LogP contribution in [-0.4, -0.2) is 33.3 Å². The van der Waals surface area contributed by atoms with Crippen LogP contribution in [0.5, 0.6) is 0 Å². The zero-order valence-electron chi connectivity index (χ0n) is 19.0. The number of fused-ring (bicyclic) bond motifs is 1. The molecule has 2 aromatic carbocycles. The lowest BCUT2D eigenvalue weighted by atomic mass is 9.88. The van der Waals surface area contributed by atoms with Gasteiger partial charge >= 0.3 is 0 Å². The third-order valence-electron chi connectivity index (χ3n) is 6.39. The summed E-state index contributed by atoms with van der Waals surface area (Å²) in [5.41, 5.74) is 2.83. The van der Waals surface area contributed by atoms with E-state index in [9.17, 15) is 9.59 Å². The van der Waals surface area contributed by atoms with Crippen molar-refractivity contribution in [3.63, 3.8) is 0 Å². The molecule has 168 valence electrons. The van der Waals surface area contributed by atoms with Crippen LogP contribution in [0.2, 0.25) is 0 Å². The number of imidazole rings is 1. The Hall–Kier alpha value is -3.15. The van der Waals surface area contributed by atoms with E-state index in [0.717, 1.165) is 48.1 Å². The maximum Gasteiger partial charge on any atom is 0.242 e. The van der Waals surface area contributed by atoms with Gasteiger partial charge in [0.25, 0.3) is 0 Å². The number of carbonyl (C=O) groups excluding carboxylic acids is 2. The van der Waals surface area contributed by atoms with Crippen LogP contribution in [0.25, 0.3) is 11.0 Å². The molecule has 6 nitrogen and oxygen atoms in total. The molecular weight excluding hydrogens is 400 g/mol.